The van der Waals surface area contributed by atoms with Crippen molar-refractivity contribution in [1.29, 1.82) is 0 Å². The van der Waals surface area contributed by atoms with Gasteiger partial charge in [-0.15, -0.1) is 0 Å². The van der Waals surface area contributed by atoms with Crippen molar-refractivity contribution < 1.29 is 37.6 Å². The molecule has 0 spiro atoms. The zero-order valence-electron chi connectivity index (χ0n) is 43.6. The second-order valence-corrected chi connectivity index (χ2v) is 20.3. The molecule has 0 aliphatic carbocycles. The first kappa shape index (κ1) is 65.0. The van der Waals surface area contributed by atoms with Crippen LogP contribution in [0, 0.1) is 0 Å². The van der Waals surface area contributed by atoms with Crippen molar-refractivity contribution in [3.63, 3.8) is 0 Å². The Morgan fingerprint density at radius 1 is 0.448 bits per heavy atom. The molecule has 0 aliphatic rings. The van der Waals surface area contributed by atoms with E-state index in [0.717, 1.165) is 57.8 Å². The molecule has 0 rings (SSSR count). The third-order valence-electron chi connectivity index (χ3n) is 12.2. The van der Waals surface area contributed by atoms with E-state index < -0.39 is 26.5 Å². The first-order valence-corrected chi connectivity index (χ1v) is 29.6. The fraction of sp³-hybridized carbons (Fsp3) is 0.825. The summed E-state index contributed by atoms with van der Waals surface area (Å²) in [6, 6.07) is 0. The number of allylic oxidation sites excluding steroid dienone is 8. The molecule has 0 aromatic rings. The van der Waals surface area contributed by atoms with Crippen molar-refractivity contribution in [3.8, 4) is 0 Å². The molecular weight excluding hydrogens is 858 g/mol. The molecule has 0 aromatic heterocycles. The maximum absolute atomic E-state index is 12.7. The molecule has 2 atom stereocenters. The molecule has 0 fully saturated rings. The molecule has 0 aromatic carbocycles. The molecule has 392 valence electrons. The van der Waals surface area contributed by atoms with Gasteiger partial charge in [0.15, 0.2) is 6.10 Å². The van der Waals surface area contributed by atoms with Crippen LogP contribution in [0.5, 0.6) is 0 Å². The minimum Gasteiger partial charge on any atom is -0.462 e. The summed E-state index contributed by atoms with van der Waals surface area (Å²) in [5.41, 5.74) is 5.38. The number of carbonyl (C=O) groups excluding carboxylic acids is 2. The largest absolute Gasteiger partial charge is 0.472 e. The number of hydrogen-bond acceptors (Lipinski definition) is 8. The van der Waals surface area contributed by atoms with Gasteiger partial charge in [0.05, 0.1) is 13.2 Å². The Hall–Kier alpha value is -2.03. The van der Waals surface area contributed by atoms with Gasteiger partial charge >= 0.3 is 19.8 Å². The smallest absolute Gasteiger partial charge is 0.462 e. The Morgan fingerprint density at radius 3 is 1.16 bits per heavy atom. The second kappa shape index (κ2) is 53.3. The summed E-state index contributed by atoms with van der Waals surface area (Å²) in [5.74, 6) is -0.827. The number of ether oxygens (including phenoxy) is 2. The van der Waals surface area contributed by atoms with Crippen molar-refractivity contribution in [2.45, 2.75) is 277 Å². The molecule has 3 N–H and O–H groups in total. The molecule has 0 amide bonds. The van der Waals surface area contributed by atoms with Gasteiger partial charge in [0, 0.05) is 19.4 Å². The zero-order valence-corrected chi connectivity index (χ0v) is 44.5. The van der Waals surface area contributed by atoms with Crippen molar-refractivity contribution >= 4 is 19.8 Å². The van der Waals surface area contributed by atoms with Crippen LogP contribution in [0.3, 0.4) is 0 Å². The maximum Gasteiger partial charge on any atom is 0.472 e. The minimum absolute atomic E-state index is 0.0519. The first-order valence-electron chi connectivity index (χ1n) is 28.1. The Bertz CT molecular complexity index is 1240. The number of hydrogen-bond donors (Lipinski definition) is 2. The molecule has 0 saturated carbocycles. The Labute approximate surface area is 413 Å². The van der Waals surface area contributed by atoms with Gasteiger partial charge in [0.2, 0.25) is 0 Å². The number of esters is 2. The SMILES string of the molecule is CCCCCCC/C=C\C/C=C\C/C=C\CCCCCCCCCCCCC(=O)OC(COC(=O)CCCCCCCCCCC/C=C\CCCCCCCCCC)COP(=O)(O)OCCN. The van der Waals surface area contributed by atoms with Crippen LogP contribution in [0.1, 0.15) is 271 Å². The van der Waals surface area contributed by atoms with E-state index in [1.54, 1.807) is 0 Å². The van der Waals surface area contributed by atoms with Gasteiger partial charge in [-0.1, -0.05) is 229 Å². The predicted molar refractivity (Wildman–Crippen MR) is 284 cm³/mol. The fourth-order valence-corrected chi connectivity index (χ4v) is 8.76. The van der Waals surface area contributed by atoms with Crippen molar-refractivity contribution in [1.82, 2.24) is 0 Å². The minimum atomic E-state index is -4.39. The van der Waals surface area contributed by atoms with Gasteiger partial charge in [0.1, 0.15) is 6.61 Å². The number of phosphoric acid groups is 1. The predicted octanol–water partition coefficient (Wildman–Crippen LogP) is 17.4. The molecule has 0 heterocycles. The van der Waals surface area contributed by atoms with Crippen LogP contribution in [-0.2, 0) is 32.7 Å². The molecule has 0 aliphatic heterocycles. The summed E-state index contributed by atoms with van der Waals surface area (Å²) in [6.45, 7) is 3.75. The summed E-state index contributed by atoms with van der Waals surface area (Å²) in [7, 11) is -4.39. The summed E-state index contributed by atoms with van der Waals surface area (Å²) in [5, 5.41) is 0. The van der Waals surface area contributed by atoms with Crippen molar-refractivity contribution in [2.24, 2.45) is 5.73 Å². The molecule has 67 heavy (non-hydrogen) atoms. The number of unbranched alkanes of at least 4 members (excludes halogenated alkanes) is 32. The van der Waals surface area contributed by atoms with Gasteiger partial charge in [-0.05, 0) is 77.0 Å². The molecule has 2 unspecified atom stereocenters. The molecule has 0 saturated heterocycles. The fourth-order valence-electron chi connectivity index (χ4n) is 7.99. The van der Waals surface area contributed by atoms with E-state index in [1.165, 1.54) is 180 Å². The van der Waals surface area contributed by atoms with Gasteiger partial charge in [-0.3, -0.25) is 18.6 Å². The molecule has 0 radical (unpaired) electrons. The topological polar surface area (TPSA) is 134 Å². The monoisotopic (exact) mass is 964 g/mol. The van der Waals surface area contributed by atoms with Crippen molar-refractivity contribution in [2.75, 3.05) is 26.4 Å². The lowest BCUT2D eigenvalue weighted by molar-refractivity contribution is -0.161. The van der Waals surface area contributed by atoms with Crippen LogP contribution in [0.15, 0.2) is 48.6 Å². The van der Waals surface area contributed by atoms with E-state index in [9.17, 15) is 19.0 Å². The van der Waals surface area contributed by atoms with E-state index in [2.05, 4.69) is 62.5 Å². The summed E-state index contributed by atoms with van der Waals surface area (Å²) in [4.78, 5) is 35.2. The summed E-state index contributed by atoms with van der Waals surface area (Å²) in [6.07, 6.45) is 64.4. The van der Waals surface area contributed by atoms with Gasteiger partial charge in [-0.25, -0.2) is 4.57 Å². The highest BCUT2D eigenvalue weighted by atomic mass is 31.2. The van der Waals surface area contributed by atoms with Crippen molar-refractivity contribution in [3.05, 3.63) is 48.6 Å². The Balaban J connectivity index is 4.01. The zero-order chi connectivity index (χ0) is 48.8. The van der Waals surface area contributed by atoms with Crippen LogP contribution in [-0.4, -0.2) is 49.3 Å². The summed E-state index contributed by atoms with van der Waals surface area (Å²) < 4.78 is 33.0. The Kier molecular flexibility index (Phi) is 51.7. The normalized spacial score (nSPS) is 13.4. The summed E-state index contributed by atoms with van der Waals surface area (Å²) >= 11 is 0. The Morgan fingerprint density at radius 2 is 0.776 bits per heavy atom. The third-order valence-corrected chi connectivity index (χ3v) is 13.2. The van der Waals surface area contributed by atoms with E-state index in [-0.39, 0.29) is 38.6 Å². The van der Waals surface area contributed by atoms with Crippen LogP contribution in [0.2, 0.25) is 0 Å². The third kappa shape index (κ3) is 53.2. The number of carbonyl (C=O) groups is 2. The number of phosphoric ester groups is 1. The average Bonchev–Trinajstić information content (AvgIpc) is 3.32. The van der Waals surface area contributed by atoms with E-state index in [1.807, 2.05) is 0 Å². The molecule has 10 heteroatoms. The standard InChI is InChI=1S/C57H106NO8P/c1-3-5-7-9-11-13-15-17-19-21-23-25-26-27-28-30-32-34-36-38-40-42-44-46-48-50-57(60)66-55(54-65-67(61,62)64-52-51-58)53-63-56(59)49-47-45-43-41-39-37-35-33-31-29-24-22-20-18-16-14-12-10-8-6-4-2/h15,17,21-24,26-27,55H,3-14,16,18-20,25,28-54,58H2,1-2H3,(H,61,62)/b17-15-,23-21-,24-22-,27-26-. The molecule has 9 nitrogen and oxygen atoms in total. The highest BCUT2D eigenvalue weighted by Crippen LogP contribution is 2.43. The van der Waals surface area contributed by atoms with E-state index in [4.69, 9.17) is 24.3 Å². The van der Waals surface area contributed by atoms with Gasteiger partial charge < -0.3 is 20.1 Å². The lowest BCUT2D eigenvalue weighted by Crippen LogP contribution is -2.29. The lowest BCUT2D eigenvalue weighted by atomic mass is 10.0. The molecule has 0 bridgehead atoms. The van der Waals surface area contributed by atoms with E-state index in [0.29, 0.717) is 6.42 Å². The van der Waals surface area contributed by atoms with Gasteiger partial charge in [0.25, 0.3) is 0 Å². The average molecular weight is 964 g/mol. The first-order chi connectivity index (χ1) is 32.8. The van der Waals surface area contributed by atoms with Crippen LogP contribution >= 0.6 is 7.82 Å². The van der Waals surface area contributed by atoms with Crippen LogP contribution in [0.25, 0.3) is 0 Å². The van der Waals surface area contributed by atoms with Crippen LogP contribution in [0.4, 0.5) is 0 Å². The maximum atomic E-state index is 12.7. The quantitative estimate of drug-likeness (QED) is 0.0264. The number of rotatable bonds is 53. The highest BCUT2D eigenvalue weighted by molar-refractivity contribution is 7.47. The number of nitrogens with two attached hydrogens (primary N) is 1. The van der Waals surface area contributed by atoms with Gasteiger partial charge in [-0.2, -0.15) is 0 Å². The second-order valence-electron chi connectivity index (χ2n) is 18.8. The highest BCUT2D eigenvalue weighted by Gasteiger charge is 2.26. The molecular formula is C57H106NO8P. The van der Waals surface area contributed by atoms with Crippen LogP contribution < -0.4 is 5.73 Å². The lowest BCUT2D eigenvalue weighted by Gasteiger charge is -2.19. The van der Waals surface area contributed by atoms with E-state index >= 15 is 0 Å².